The number of amides is 1. The van der Waals surface area contributed by atoms with Crippen molar-refractivity contribution in [1.82, 2.24) is 15.1 Å². The summed E-state index contributed by atoms with van der Waals surface area (Å²) in [5.74, 6) is 1.29. The average molecular weight is 560 g/mol. The summed E-state index contributed by atoms with van der Waals surface area (Å²) in [4.78, 5) is 16.7. The Labute approximate surface area is 248 Å². The smallest absolute Gasteiger partial charge is 0.253 e. The van der Waals surface area contributed by atoms with Gasteiger partial charge >= 0.3 is 0 Å². The fourth-order valence-corrected chi connectivity index (χ4v) is 4.54. The molecular formula is C35H49N3O3. The Morgan fingerprint density at radius 3 is 2.17 bits per heavy atom. The zero-order valence-corrected chi connectivity index (χ0v) is 25.8. The van der Waals surface area contributed by atoms with Gasteiger partial charge in [-0.3, -0.25) is 9.69 Å². The van der Waals surface area contributed by atoms with Gasteiger partial charge in [-0.05, 0) is 80.3 Å². The molecule has 3 aromatic rings. The van der Waals surface area contributed by atoms with Crippen molar-refractivity contribution in [3.63, 3.8) is 0 Å². The van der Waals surface area contributed by atoms with Crippen LogP contribution in [-0.4, -0.2) is 66.7 Å². The Morgan fingerprint density at radius 2 is 1.59 bits per heavy atom. The first kappa shape index (κ1) is 35.2. The molecule has 0 bridgehead atoms. The molecule has 1 heterocycles. The van der Waals surface area contributed by atoms with E-state index in [1.165, 1.54) is 11.1 Å². The quantitative estimate of drug-likeness (QED) is 0.321. The predicted octanol–water partition coefficient (Wildman–Crippen LogP) is 6.23. The lowest BCUT2D eigenvalue weighted by atomic mass is 10.0. The van der Waals surface area contributed by atoms with E-state index in [1.807, 2.05) is 81.1 Å². The normalized spacial score (nSPS) is 14.1. The molecule has 1 aliphatic rings. The van der Waals surface area contributed by atoms with E-state index in [1.54, 1.807) is 19.2 Å². The number of carbonyl (C=O) groups excluding carboxylic acids is 1. The van der Waals surface area contributed by atoms with Crippen molar-refractivity contribution in [2.45, 2.75) is 53.6 Å². The second-order valence-electron chi connectivity index (χ2n) is 9.46. The van der Waals surface area contributed by atoms with Crippen LogP contribution in [0.3, 0.4) is 0 Å². The predicted molar refractivity (Wildman–Crippen MR) is 172 cm³/mol. The van der Waals surface area contributed by atoms with Crippen LogP contribution in [0.4, 0.5) is 0 Å². The molecule has 0 aromatic heterocycles. The summed E-state index contributed by atoms with van der Waals surface area (Å²) in [6, 6.07) is 24.0. The highest BCUT2D eigenvalue weighted by atomic mass is 16.5. The summed E-state index contributed by atoms with van der Waals surface area (Å²) in [7, 11) is 1.67. The van der Waals surface area contributed by atoms with Crippen molar-refractivity contribution < 1.29 is 14.6 Å². The number of methoxy groups -OCH3 is 1. The molecule has 1 aliphatic heterocycles. The van der Waals surface area contributed by atoms with Gasteiger partial charge < -0.3 is 20.1 Å². The fourth-order valence-electron chi connectivity index (χ4n) is 4.54. The molecule has 0 radical (unpaired) electrons. The number of aromatic hydroxyl groups is 1. The number of hydrogen-bond acceptors (Lipinski definition) is 5. The van der Waals surface area contributed by atoms with Gasteiger partial charge in [0.15, 0.2) is 0 Å². The van der Waals surface area contributed by atoms with E-state index in [4.69, 9.17) is 4.74 Å². The number of carbonyl (C=O) groups is 1. The number of hydrogen-bond donors (Lipinski definition) is 2. The molecule has 0 spiro atoms. The Hall–Kier alpha value is -3.79. The van der Waals surface area contributed by atoms with E-state index >= 15 is 0 Å². The SMILES string of the molecule is C#C.CC.CCN(CC)C(=O)c1cccc(Cc2cccc(OC)c2)c1.C[C@H]1CN(Cc2ccc(O)cc2)CCN1. The molecule has 3 aromatic carbocycles. The minimum atomic E-state index is 0.0949. The number of nitrogens with zero attached hydrogens (tertiary/aromatic N) is 2. The number of rotatable bonds is 8. The number of terminal acetylenes is 1. The van der Waals surface area contributed by atoms with Crippen molar-refractivity contribution >= 4 is 5.91 Å². The molecule has 4 rings (SSSR count). The van der Waals surface area contributed by atoms with E-state index in [2.05, 4.69) is 42.1 Å². The molecule has 0 saturated carbocycles. The standard InChI is InChI=1S/C19H23NO2.C12H18N2O.C2H6.C2H2/c1-4-20(5-2)19(21)17-10-6-8-15(13-17)12-16-9-7-11-18(14-16)22-3;1-10-8-14(7-6-13-10)9-11-2-4-12(15)5-3-11;2*1-2/h6-11,13-14H,4-5,12H2,1-3H3;2-5,10,13,15H,6-9H2,1H3;1-2H3;1-2H/t;10-;;/m.0../s1. The highest BCUT2D eigenvalue weighted by Gasteiger charge is 2.15. The fraction of sp³-hybridized carbons (Fsp3) is 0.400. The van der Waals surface area contributed by atoms with Gasteiger partial charge in [0, 0.05) is 50.9 Å². The minimum absolute atomic E-state index is 0.0949. The van der Waals surface area contributed by atoms with Gasteiger partial charge in [-0.15, -0.1) is 12.8 Å². The van der Waals surface area contributed by atoms with Crippen LogP contribution >= 0.6 is 0 Å². The third-order valence-corrected chi connectivity index (χ3v) is 6.56. The zero-order valence-electron chi connectivity index (χ0n) is 25.8. The molecule has 0 aliphatic carbocycles. The molecule has 0 unspecified atom stereocenters. The van der Waals surface area contributed by atoms with Crippen molar-refractivity contribution in [2.24, 2.45) is 0 Å². The lowest BCUT2D eigenvalue weighted by Gasteiger charge is -2.31. The highest BCUT2D eigenvalue weighted by Crippen LogP contribution is 2.18. The Kier molecular flexibility index (Phi) is 17.3. The lowest BCUT2D eigenvalue weighted by molar-refractivity contribution is 0.0773. The second kappa shape index (κ2) is 20.1. The van der Waals surface area contributed by atoms with Crippen LogP contribution in [0.15, 0.2) is 72.8 Å². The highest BCUT2D eigenvalue weighted by molar-refractivity contribution is 5.94. The van der Waals surface area contributed by atoms with Crippen molar-refractivity contribution in [3.8, 4) is 24.3 Å². The van der Waals surface area contributed by atoms with Crippen LogP contribution < -0.4 is 10.1 Å². The summed E-state index contributed by atoms with van der Waals surface area (Å²) in [6.07, 6.45) is 8.79. The third kappa shape index (κ3) is 12.5. The van der Waals surface area contributed by atoms with E-state index in [0.29, 0.717) is 11.8 Å². The number of phenolic OH excluding ortho intramolecular Hbond substituents is 1. The minimum Gasteiger partial charge on any atom is -0.508 e. The van der Waals surface area contributed by atoms with Gasteiger partial charge in [-0.25, -0.2) is 0 Å². The van der Waals surface area contributed by atoms with Crippen LogP contribution in [0.1, 0.15) is 61.7 Å². The van der Waals surface area contributed by atoms with Gasteiger partial charge in [0.2, 0.25) is 0 Å². The summed E-state index contributed by atoms with van der Waals surface area (Å²) in [5, 5.41) is 12.6. The molecule has 2 N–H and O–H groups in total. The zero-order chi connectivity index (χ0) is 30.6. The molecule has 1 saturated heterocycles. The summed E-state index contributed by atoms with van der Waals surface area (Å²) in [5.41, 5.74) is 4.32. The van der Waals surface area contributed by atoms with Crippen LogP contribution in [0.5, 0.6) is 11.5 Å². The van der Waals surface area contributed by atoms with Crippen molar-refractivity contribution in [2.75, 3.05) is 39.8 Å². The van der Waals surface area contributed by atoms with E-state index in [9.17, 15) is 9.90 Å². The van der Waals surface area contributed by atoms with E-state index in [-0.39, 0.29) is 5.91 Å². The summed E-state index contributed by atoms with van der Waals surface area (Å²) < 4.78 is 5.25. The van der Waals surface area contributed by atoms with Crippen molar-refractivity contribution in [1.29, 1.82) is 0 Å². The third-order valence-electron chi connectivity index (χ3n) is 6.56. The van der Waals surface area contributed by atoms with Gasteiger partial charge in [-0.2, -0.15) is 0 Å². The Balaban J connectivity index is 0.000000385. The lowest BCUT2D eigenvalue weighted by Crippen LogP contribution is -2.48. The summed E-state index contributed by atoms with van der Waals surface area (Å²) in [6.45, 7) is 15.9. The molecule has 1 fully saturated rings. The molecule has 222 valence electrons. The molecule has 1 amide bonds. The van der Waals surface area contributed by atoms with Gasteiger partial charge in [0.1, 0.15) is 11.5 Å². The second-order valence-corrected chi connectivity index (χ2v) is 9.46. The maximum Gasteiger partial charge on any atom is 0.253 e. The maximum absolute atomic E-state index is 12.4. The number of piperazine rings is 1. The molecule has 6 nitrogen and oxygen atoms in total. The molecule has 6 heteroatoms. The van der Waals surface area contributed by atoms with Crippen LogP contribution in [0.2, 0.25) is 0 Å². The van der Waals surface area contributed by atoms with E-state index in [0.717, 1.165) is 62.6 Å². The van der Waals surface area contributed by atoms with Crippen molar-refractivity contribution in [3.05, 3.63) is 95.1 Å². The Bertz CT molecular complexity index is 1160. The first-order valence-corrected chi connectivity index (χ1v) is 14.5. The summed E-state index contributed by atoms with van der Waals surface area (Å²) >= 11 is 0. The molecule has 41 heavy (non-hydrogen) atoms. The first-order chi connectivity index (χ1) is 19.9. The number of ether oxygens (including phenoxy) is 1. The first-order valence-electron chi connectivity index (χ1n) is 14.5. The number of nitrogens with one attached hydrogen (secondary N) is 1. The van der Waals surface area contributed by atoms with Gasteiger partial charge in [0.05, 0.1) is 7.11 Å². The van der Waals surface area contributed by atoms with Crippen LogP contribution in [0, 0.1) is 12.8 Å². The Morgan fingerprint density at radius 1 is 0.976 bits per heavy atom. The number of phenols is 1. The average Bonchev–Trinajstić information content (AvgIpc) is 3.01. The number of benzene rings is 3. The van der Waals surface area contributed by atoms with Crippen LogP contribution in [0.25, 0.3) is 0 Å². The molecular weight excluding hydrogens is 510 g/mol. The van der Waals surface area contributed by atoms with Crippen LogP contribution in [-0.2, 0) is 13.0 Å². The van der Waals surface area contributed by atoms with Gasteiger partial charge in [0.25, 0.3) is 5.91 Å². The largest absolute Gasteiger partial charge is 0.508 e. The molecule has 1 atom stereocenters. The topological polar surface area (TPSA) is 65.0 Å². The van der Waals surface area contributed by atoms with Gasteiger partial charge in [-0.1, -0.05) is 50.2 Å². The maximum atomic E-state index is 12.4. The van der Waals surface area contributed by atoms with E-state index < -0.39 is 0 Å². The monoisotopic (exact) mass is 559 g/mol.